The van der Waals surface area contributed by atoms with Gasteiger partial charge in [0.25, 0.3) is 5.91 Å². The van der Waals surface area contributed by atoms with Crippen molar-refractivity contribution in [3.8, 4) is 0 Å². The Hall–Kier alpha value is -2.28. The number of benzene rings is 2. The Morgan fingerprint density at radius 3 is 2.66 bits per heavy atom. The van der Waals surface area contributed by atoms with Crippen molar-refractivity contribution in [3.05, 3.63) is 71.0 Å². The van der Waals surface area contributed by atoms with Gasteiger partial charge in [0.15, 0.2) is 0 Å². The van der Waals surface area contributed by atoms with E-state index in [-0.39, 0.29) is 29.8 Å². The summed E-state index contributed by atoms with van der Waals surface area (Å²) in [6, 6.07) is 15.9. The first-order valence-electron chi connectivity index (χ1n) is 11.7. The molecule has 6 heteroatoms. The number of nitrogens with zero attached hydrogens (tertiary/aromatic N) is 2. The summed E-state index contributed by atoms with van der Waals surface area (Å²) in [5.41, 5.74) is 3.29. The zero-order chi connectivity index (χ0) is 22.4. The van der Waals surface area contributed by atoms with Crippen LogP contribution in [0.25, 0.3) is 0 Å². The number of fused-ring (bicyclic) bond motifs is 2. The third-order valence-corrected chi connectivity index (χ3v) is 7.79. The van der Waals surface area contributed by atoms with Crippen molar-refractivity contribution >= 4 is 5.91 Å². The molecule has 0 radical (unpaired) electrons. The van der Waals surface area contributed by atoms with Gasteiger partial charge in [0.2, 0.25) is 0 Å². The first-order chi connectivity index (χ1) is 15.4. The number of carbonyl (C=O) groups excluding carboxylic acids is 1. The summed E-state index contributed by atoms with van der Waals surface area (Å²) in [6.07, 6.45) is 1.01. The lowest BCUT2D eigenvalue weighted by molar-refractivity contribution is -0.155. The highest BCUT2D eigenvalue weighted by atomic mass is 19.1. The molecule has 6 atom stereocenters. The number of nitrogens with one attached hydrogen (secondary N) is 1. The van der Waals surface area contributed by atoms with Crippen molar-refractivity contribution in [1.29, 1.82) is 0 Å². The molecule has 0 aromatic heterocycles. The minimum absolute atomic E-state index is 0.0306. The Morgan fingerprint density at radius 1 is 1.12 bits per heavy atom. The quantitative estimate of drug-likeness (QED) is 0.784. The van der Waals surface area contributed by atoms with E-state index in [1.165, 1.54) is 17.7 Å². The molecule has 3 aliphatic rings. The highest BCUT2D eigenvalue weighted by Gasteiger charge is 2.45. The van der Waals surface area contributed by atoms with Gasteiger partial charge >= 0.3 is 0 Å². The molecule has 2 aromatic rings. The van der Waals surface area contributed by atoms with Gasteiger partial charge in [-0.1, -0.05) is 36.4 Å². The van der Waals surface area contributed by atoms with E-state index in [2.05, 4.69) is 43.2 Å². The molecule has 5 rings (SSSR count). The van der Waals surface area contributed by atoms with Crippen molar-refractivity contribution in [1.82, 2.24) is 15.1 Å². The standard InChI is InChI=1S/C26H32FN3O2/c1-16-17(2)29(3)23-15-32-24(14-22(23)28-16)26(31)30-13-12-18-6-4-5-7-21(18)25(30)19-8-10-20(27)11-9-19/h4-11,16-17,22-25,28H,12-15H2,1-3H3/t16-,17+,22-,23+,24+,25-/m0/s1. The molecule has 2 fully saturated rings. The van der Waals surface area contributed by atoms with E-state index in [1.807, 2.05) is 17.0 Å². The predicted octanol–water partition coefficient (Wildman–Crippen LogP) is 3.14. The SMILES string of the molecule is C[C@@H]1N[C@H]2C[C@H](C(=O)N3CCc4ccccc4[C@@H]3c3ccc(F)cc3)OC[C@H]2N(C)[C@@H]1C. The monoisotopic (exact) mass is 437 g/mol. The summed E-state index contributed by atoms with van der Waals surface area (Å²) >= 11 is 0. The molecule has 170 valence electrons. The van der Waals surface area contributed by atoms with Crippen molar-refractivity contribution in [2.45, 2.75) is 63.0 Å². The number of likely N-dealkylation sites (N-methyl/N-ethyl adjacent to an activating group) is 1. The molecule has 2 aromatic carbocycles. The second-order valence-electron chi connectivity index (χ2n) is 9.53. The van der Waals surface area contributed by atoms with Gasteiger partial charge in [-0.05, 0) is 62.6 Å². The molecule has 3 aliphatic heterocycles. The molecule has 5 nitrogen and oxygen atoms in total. The number of hydrogen-bond acceptors (Lipinski definition) is 4. The first-order valence-corrected chi connectivity index (χ1v) is 11.7. The van der Waals surface area contributed by atoms with E-state index in [9.17, 15) is 9.18 Å². The molecule has 0 bridgehead atoms. The van der Waals surface area contributed by atoms with Crippen LogP contribution in [-0.4, -0.2) is 66.2 Å². The zero-order valence-corrected chi connectivity index (χ0v) is 19.0. The van der Waals surface area contributed by atoms with E-state index in [0.29, 0.717) is 31.7 Å². The maximum atomic E-state index is 13.8. The van der Waals surface area contributed by atoms with Crippen LogP contribution < -0.4 is 5.32 Å². The summed E-state index contributed by atoms with van der Waals surface area (Å²) in [6.45, 7) is 5.61. The fraction of sp³-hybridized carbons (Fsp3) is 0.500. The smallest absolute Gasteiger partial charge is 0.252 e. The second-order valence-corrected chi connectivity index (χ2v) is 9.53. The minimum atomic E-state index is -0.467. The molecule has 1 amide bonds. The normalized spacial score (nSPS) is 32.8. The van der Waals surface area contributed by atoms with E-state index >= 15 is 0 Å². The van der Waals surface area contributed by atoms with Gasteiger partial charge in [0, 0.05) is 30.7 Å². The molecule has 32 heavy (non-hydrogen) atoms. The van der Waals surface area contributed by atoms with Crippen LogP contribution in [0.15, 0.2) is 48.5 Å². The lowest BCUT2D eigenvalue weighted by Crippen LogP contribution is -2.69. The summed E-state index contributed by atoms with van der Waals surface area (Å²) in [5.74, 6) is -0.240. The molecular formula is C26H32FN3O2. The Bertz CT molecular complexity index is 981. The van der Waals surface area contributed by atoms with Gasteiger partial charge in [0.05, 0.1) is 12.6 Å². The average molecular weight is 438 g/mol. The Labute approximate surface area is 189 Å². The van der Waals surface area contributed by atoms with Crippen LogP contribution in [0, 0.1) is 5.82 Å². The largest absolute Gasteiger partial charge is 0.367 e. The van der Waals surface area contributed by atoms with Crippen molar-refractivity contribution in [2.24, 2.45) is 0 Å². The van der Waals surface area contributed by atoms with Crippen LogP contribution in [0.4, 0.5) is 4.39 Å². The number of hydrogen-bond donors (Lipinski definition) is 1. The molecule has 1 N–H and O–H groups in total. The van der Waals surface area contributed by atoms with Gasteiger partial charge in [0.1, 0.15) is 11.9 Å². The molecule has 0 saturated carbocycles. The molecule has 0 unspecified atom stereocenters. The fourth-order valence-corrected chi connectivity index (χ4v) is 5.66. The van der Waals surface area contributed by atoms with Crippen LogP contribution in [-0.2, 0) is 16.0 Å². The van der Waals surface area contributed by atoms with Crippen molar-refractivity contribution in [2.75, 3.05) is 20.2 Å². The minimum Gasteiger partial charge on any atom is -0.367 e. The van der Waals surface area contributed by atoms with Crippen LogP contribution in [0.1, 0.15) is 43.0 Å². The highest BCUT2D eigenvalue weighted by molar-refractivity contribution is 5.82. The summed E-state index contributed by atoms with van der Waals surface area (Å²) in [5, 5.41) is 3.72. The van der Waals surface area contributed by atoms with Gasteiger partial charge < -0.3 is 15.0 Å². The van der Waals surface area contributed by atoms with Crippen molar-refractivity contribution < 1.29 is 13.9 Å². The number of carbonyl (C=O) groups is 1. The number of amides is 1. The molecule has 0 aliphatic carbocycles. The lowest BCUT2D eigenvalue weighted by atomic mass is 9.86. The van der Waals surface area contributed by atoms with Gasteiger partial charge in [-0.2, -0.15) is 0 Å². The van der Waals surface area contributed by atoms with Gasteiger partial charge in [-0.3, -0.25) is 9.69 Å². The van der Waals surface area contributed by atoms with Crippen LogP contribution in [0.5, 0.6) is 0 Å². The average Bonchev–Trinajstić information content (AvgIpc) is 2.82. The molecular weight excluding hydrogens is 405 g/mol. The lowest BCUT2D eigenvalue weighted by Gasteiger charge is -2.51. The van der Waals surface area contributed by atoms with Crippen LogP contribution >= 0.6 is 0 Å². The van der Waals surface area contributed by atoms with Gasteiger partial charge in [-0.15, -0.1) is 0 Å². The third kappa shape index (κ3) is 3.74. The molecule has 3 heterocycles. The number of halogens is 1. The Kier molecular flexibility index (Phi) is 5.78. The predicted molar refractivity (Wildman–Crippen MR) is 122 cm³/mol. The van der Waals surface area contributed by atoms with E-state index in [0.717, 1.165) is 17.5 Å². The highest BCUT2D eigenvalue weighted by Crippen LogP contribution is 2.37. The number of ether oxygens (including phenoxy) is 1. The van der Waals surface area contributed by atoms with E-state index in [4.69, 9.17) is 4.74 Å². The Balaban J connectivity index is 1.42. The van der Waals surface area contributed by atoms with Gasteiger partial charge in [-0.25, -0.2) is 4.39 Å². The Morgan fingerprint density at radius 2 is 1.88 bits per heavy atom. The van der Waals surface area contributed by atoms with Crippen molar-refractivity contribution in [3.63, 3.8) is 0 Å². The molecule has 2 saturated heterocycles. The van der Waals surface area contributed by atoms with Crippen LogP contribution in [0.3, 0.4) is 0 Å². The maximum absolute atomic E-state index is 13.8. The molecule has 0 spiro atoms. The second kappa shape index (κ2) is 8.58. The third-order valence-electron chi connectivity index (χ3n) is 7.79. The summed E-state index contributed by atoms with van der Waals surface area (Å²) < 4.78 is 19.8. The summed E-state index contributed by atoms with van der Waals surface area (Å²) in [4.78, 5) is 18.1. The zero-order valence-electron chi connectivity index (χ0n) is 19.0. The number of rotatable bonds is 2. The van der Waals surface area contributed by atoms with E-state index < -0.39 is 6.10 Å². The van der Waals surface area contributed by atoms with Crippen LogP contribution in [0.2, 0.25) is 0 Å². The topological polar surface area (TPSA) is 44.8 Å². The van der Waals surface area contributed by atoms with E-state index in [1.54, 1.807) is 12.1 Å². The number of piperazine rings is 1. The summed E-state index contributed by atoms with van der Waals surface area (Å²) in [7, 11) is 2.15. The fourth-order valence-electron chi connectivity index (χ4n) is 5.66. The maximum Gasteiger partial charge on any atom is 0.252 e. The first kappa shape index (κ1) is 21.6.